The fraction of sp³-hybridized carbons (Fsp3) is 0.318. The van der Waals surface area contributed by atoms with Crippen LogP contribution in [0.3, 0.4) is 0 Å². The largest absolute Gasteiger partial charge is 0.495 e. The second kappa shape index (κ2) is 9.64. The number of methoxy groups -OCH3 is 1. The lowest BCUT2D eigenvalue weighted by atomic mass is 10.2. The number of anilines is 1. The number of amides is 2. The number of hydrogen-bond acceptors (Lipinski definition) is 5. The van der Waals surface area contributed by atoms with Gasteiger partial charge in [-0.3, -0.25) is 14.5 Å². The lowest BCUT2D eigenvalue weighted by Gasteiger charge is -2.14. The number of rotatable bonds is 6. The van der Waals surface area contributed by atoms with E-state index in [4.69, 9.17) is 4.74 Å². The standard InChI is InChI=1S/C22H22F3N3O3S/c1-4-28-20(30)18(12-19(29)27-16-10-13(2)8-9-17(16)31-3)32-21(28)26-15-7-5-6-14(11-15)22(23,24)25/h5-11,18H,4,12H2,1-3H3,(H,27,29). The van der Waals surface area contributed by atoms with Gasteiger partial charge in [0.05, 0.1) is 24.0 Å². The minimum absolute atomic E-state index is 0.0863. The lowest BCUT2D eigenvalue weighted by Crippen LogP contribution is -2.33. The van der Waals surface area contributed by atoms with Crippen LogP contribution in [0.25, 0.3) is 0 Å². The first-order chi connectivity index (χ1) is 15.1. The van der Waals surface area contributed by atoms with Gasteiger partial charge in [0.25, 0.3) is 0 Å². The van der Waals surface area contributed by atoms with Crippen LogP contribution in [-0.4, -0.2) is 40.8 Å². The van der Waals surface area contributed by atoms with Gasteiger partial charge in [-0.15, -0.1) is 0 Å². The summed E-state index contributed by atoms with van der Waals surface area (Å²) >= 11 is 1.06. The van der Waals surface area contributed by atoms with E-state index in [2.05, 4.69) is 10.3 Å². The molecule has 0 saturated carbocycles. The van der Waals surface area contributed by atoms with E-state index in [1.54, 1.807) is 19.1 Å². The number of benzene rings is 2. The molecule has 2 amide bonds. The summed E-state index contributed by atoms with van der Waals surface area (Å²) in [6.45, 7) is 3.90. The summed E-state index contributed by atoms with van der Waals surface area (Å²) in [7, 11) is 1.49. The van der Waals surface area contributed by atoms with Crippen molar-refractivity contribution in [3.8, 4) is 5.75 Å². The molecule has 1 aliphatic heterocycles. The van der Waals surface area contributed by atoms with Crippen molar-refractivity contribution in [3.05, 3.63) is 53.6 Å². The Hall–Kier alpha value is -3.01. The number of halogens is 3. The number of carbonyl (C=O) groups is 2. The molecule has 6 nitrogen and oxygen atoms in total. The van der Waals surface area contributed by atoms with E-state index in [1.807, 2.05) is 13.0 Å². The van der Waals surface area contributed by atoms with Gasteiger partial charge in [-0.1, -0.05) is 23.9 Å². The molecule has 2 aromatic rings. The Morgan fingerprint density at radius 1 is 1.25 bits per heavy atom. The highest BCUT2D eigenvalue weighted by Crippen LogP contribution is 2.35. The fourth-order valence-electron chi connectivity index (χ4n) is 3.17. The highest BCUT2D eigenvalue weighted by molar-refractivity contribution is 8.15. The van der Waals surface area contributed by atoms with Crippen LogP contribution in [0.1, 0.15) is 24.5 Å². The summed E-state index contributed by atoms with van der Waals surface area (Å²) in [4.78, 5) is 31.0. The number of nitrogens with zero attached hydrogens (tertiary/aromatic N) is 2. The van der Waals surface area contributed by atoms with Crippen molar-refractivity contribution in [1.29, 1.82) is 0 Å². The molecule has 2 aromatic carbocycles. The van der Waals surface area contributed by atoms with Crippen LogP contribution >= 0.6 is 11.8 Å². The lowest BCUT2D eigenvalue weighted by molar-refractivity contribution is -0.137. The molecule has 1 heterocycles. The molecule has 1 unspecified atom stereocenters. The van der Waals surface area contributed by atoms with E-state index in [-0.39, 0.29) is 35.6 Å². The van der Waals surface area contributed by atoms with Gasteiger partial charge in [0.15, 0.2) is 5.17 Å². The van der Waals surface area contributed by atoms with Crippen molar-refractivity contribution in [3.63, 3.8) is 0 Å². The summed E-state index contributed by atoms with van der Waals surface area (Å²) in [6.07, 6.45) is -4.60. The second-order valence-corrected chi connectivity index (χ2v) is 8.26. The van der Waals surface area contributed by atoms with Gasteiger partial charge in [0, 0.05) is 13.0 Å². The number of nitrogens with one attached hydrogen (secondary N) is 1. The Morgan fingerprint density at radius 2 is 2.00 bits per heavy atom. The zero-order valence-corrected chi connectivity index (χ0v) is 18.5. The summed E-state index contributed by atoms with van der Waals surface area (Å²) in [5.74, 6) is -0.193. The Labute approximate surface area is 187 Å². The zero-order valence-electron chi connectivity index (χ0n) is 17.7. The van der Waals surface area contributed by atoms with E-state index in [0.29, 0.717) is 11.4 Å². The normalized spacial score (nSPS) is 17.7. The molecule has 1 N–H and O–H groups in total. The van der Waals surface area contributed by atoms with Crippen molar-refractivity contribution < 1.29 is 27.5 Å². The fourth-order valence-corrected chi connectivity index (χ4v) is 4.39. The van der Waals surface area contributed by atoms with Crippen LogP contribution in [0.2, 0.25) is 0 Å². The monoisotopic (exact) mass is 465 g/mol. The zero-order chi connectivity index (χ0) is 23.5. The highest BCUT2D eigenvalue weighted by Gasteiger charge is 2.38. The maximum Gasteiger partial charge on any atom is 0.416 e. The summed E-state index contributed by atoms with van der Waals surface area (Å²) < 4.78 is 44.2. The maximum atomic E-state index is 13.0. The molecule has 0 radical (unpaired) electrons. The summed E-state index contributed by atoms with van der Waals surface area (Å²) in [5, 5.41) is 2.30. The predicted octanol–water partition coefficient (Wildman–Crippen LogP) is 5.00. The van der Waals surface area contributed by atoms with Gasteiger partial charge in [0.2, 0.25) is 11.8 Å². The maximum absolute atomic E-state index is 13.0. The number of thioether (sulfide) groups is 1. The van der Waals surface area contributed by atoms with Gasteiger partial charge in [-0.25, -0.2) is 4.99 Å². The molecule has 1 atom stereocenters. The topological polar surface area (TPSA) is 71.0 Å². The minimum Gasteiger partial charge on any atom is -0.495 e. The number of carbonyl (C=O) groups excluding carboxylic acids is 2. The van der Waals surface area contributed by atoms with Gasteiger partial charge in [0.1, 0.15) is 11.0 Å². The molecule has 0 aromatic heterocycles. The van der Waals surface area contributed by atoms with Crippen LogP contribution in [0, 0.1) is 6.92 Å². The molecular weight excluding hydrogens is 443 g/mol. The van der Waals surface area contributed by atoms with Gasteiger partial charge < -0.3 is 10.1 Å². The SMILES string of the molecule is CCN1C(=O)C(CC(=O)Nc2cc(C)ccc2OC)SC1=Nc1cccc(C(F)(F)F)c1. The first-order valence-electron chi connectivity index (χ1n) is 9.81. The third kappa shape index (κ3) is 5.42. The number of aliphatic imine (C=N–C) groups is 1. The van der Waals surface area contributed by atoms with Crippen LogP contribution in [0.5, 0.6) is 5.75 Å². The Morgan fingerprint density at radius 3 is 2.66 bits per heavy atom. The first kappa shape index (κ1) is 23.6. The molecule has 170 valence electrons. The van der Waals surface area contributed by atoms with E-state index in [1.165, 1.54) is 24.1 Å². The van der Waals surface area contributed by atoms with Crippen LogP contribution in [0.15, 0.2) is 47.5 Å². The van der Waals surface area contributed by atoms with Gasteiger partial charge >= 0.3 is 6.18 Å². The average Bonchev–Trinajstić information content (AvgIpc) is 3.01. The first-order valence-corrected chi connectivity index (χ1v) is 10.7. The van der Waals surface area contributed by atoms with Crippen molar-refractivity contribution in [2.75, 3.05) is 19.0 Å². The van der Waals surface area contributed by atoms with E-state index in [9.17, 15) is 22.8 Å². The third-order valence-corrected chi connectivity index (χ3v) is 5.91. The Kier molecular flexibility index (Phi) is 7.12. The highest BCUT2D eigenvalue weighted by atomic mass is 32.2. The summed E-state index contributed by atoms with van der Waals surface area (Å²) in [6, 6.07) is 9.93. The van der Waals surface area contributed by atoms with E-state index >= 15 is 0 Å². The predicted molar refractivity (Wildman–Crippen MR) is 118 cm³/mol. The van der Waals surface area contributed by atoms with Crippen molar-refractivity contribution in [2.45, 2.75) is 31.7 Å². The van der Waals surface area contributed by atoms with Crippen molar-refractivity contribution in [2.24, 2.45) is 4.99 Å². The number of hydrogen-bond donors (Lipinski definition) is 1. The van der Waals surface area contributed by atoms with E-state index in [0.717, 1.165) is 29.5 Å². The summed E-state index contributed by atoms with van der Waals surface area (Å²) in [5.41, 5.74) is 0.696. The Bertz CT molecular complexity index is 1060. The molecule has 1 fully saturated rings. The van der Waals surface area contributed by atoms with Crippen LogP contribution in [-0.2, 0) is 15.8 Å². The van der Waals surface area contributed by atoms with Crippen LogP contribution in [0.4, 0.5) is 24.5 Å². The van der Waals surface area contributed by atoms with Crippen molar-refractivity contribution in [1.82, 2.24) is 4.90 Å². The molecule has 3 rings (SSSR count). The molecule has 1 saturated heterocycles. The molecular formula is C22H22F3N3O3S. The van der Waals surface area contributed by atoms with Gasteiger partial charge in [-0.05, 0) is 49.7 Å². The van der Waals surface area contributed by atoms with Gasteiger partial charge in [-0.2, -0.15) is 13.2 Å². The Balaban J connectivity index is 1.76. The molecule has 0 aliphatic carbocycles. The number of amidine groups is 1. The molecule has 1 aliphatic rings. The second-order valence-electron chi connectivity index (χ2n) is 7.09. The molecule has 0 spiro atoms. The minimum atomic E-state index is -4.49. The number of alkyl halides is 3. The van der Waals surface area contributed by atoms with Crippen molar-refractivity contribution >= 4 is 40.1 Å². The quantitative estimate of drug-likeness (QED) is 0.652. The number of ether oxygens (including phenoxy) is 1. The van der Waals surface area contributed by atoms with Crippen LogP contribution < -0.4 is 10.1 Å². The molecule has 0 bridgehead atoms. The average molecular weight is 465 g/mol. The number of aryl methyl sites for hydroxylation is 1. The third-order valence-electron chi connectivity index (χ3n) is 4.73. The van der Waals surface area contributed by atoms with E-state index < -0.39 is 17.0 Å². The molecule has 10 heteroatoms. The molecule has 32 heavy (non-hydrogen) atoms. The smallest absolute Gasteiger partial charge is 0.416 e.